The molecule has 6 heteroatoms. The number of nitrogen functional groups attached to an aromatic ring is 1. The molecule has 0 unspecified atom stereocenters. The van der Waals surface area contributed by atoms with E-state index in [9.17, 15) is 0 Å². The Morgan fingerprint density at radius 2 is 2.18 bits per heavy atom. The topological polar surface area (TPSA) is 95.4 Å². The van der Waals surface area contributed by atoms with Crippen LogP contribution >= 0.6 is 0 Å². The Balaban J connectivity index is 1.86. The van der Waals surface area contributed by atoms with Gasteiger partial charge < -0.3 is 11.1 Å². The summed E-state index contributed by atoms with van der Waals surface area (Å²) in [6.07, 6.45) is 3.48. The van der Waals surface area contributed by atoms with Crippen LogP contribution in [0.15, 0.2) is 30.6 Å². The predicted molar refractivity (Wildman–Crippen MR) is 66.4 cm³/mol. The van der Waals surface area contributed by atoms with Crippen molar-refractivity contribution < 1.29 is 0 Å². The van der Waals surface area contributed by atoms with Gasteiger partial charge in [0.1, 0.15) is 0 Å². The molecule has 5 N–H and O–H groups in total. The molecule has 3 rings (SSSR count). The third-order valence-electron chi connectivity index (χ3n) is 2.64. The molecule has 2 heterocycles. The molecule has 0 saturated heterocycles. The molecule has 0 radical (unpaired) electrons. The van der Waals surface area contributed by atoms with Gasteiger partial charge in [-0.25, -0.2) is 0 Å². The quantitative estimate of drug-likeness (QED) is 0.510. The van der Waals surface area contributed by atoms with Gasteiger partial charge in [-0.05, 0) is 18.2 Å². The van der Waals surface area contributed by atoms with Gasteiger partial charge in [-0.1, -0.05) is 0 Å². The average Bonchev–Trinajstić information content (AvgIpc) is 2.95. The lowest BCUT2D eigenvalue weighted by atomic mass is 10.2. The maximum absolute atomic E-state index is 5.96. The molecule has 3 aromatic rings. The first kappa shape index (κ1) is 9.71. The first-order valence-electron chi connectivity index (χ1n) is 5.27. The molecule has 0 amide bonds. The SMILES string of the molecule is Nc1cc2cn[nH]c2cc1NCc1ccn[nH]1. The Morgan fingerprint density at radius 3 is 3.00 bits per heavy atom. The van der Waals surface area contributed by atoms with E-state index in [-0.39, 0.29) is 0 Å². The molecule has 0 aliphatic carbocycles. The van der Waals surface area contributed by atoms with Gasteiger partial charge in [0.05, 0.1) is 35.3 Å². The van der Waals surface area contributed by atoms with Gasteiger partial charge in [-0.3, -0.25) is 10.2 Å². The summed E-state index contributed by atoms with van der Waals surface area (Å²) in [5.41, 5.74) is 9.52. The first-order chi connectivity index (χ1) is 8.33. The highest BCUT2D eigenvalue weighted by atomic mass is 15.1. The minimum Gasteiger partial charge on any atom is -0.397 e. The Bertz CT molecular complexity index is 625. The van der Waals surface area contributed by atoms with E-state index in [4.69, 9.17) is 5.73 Å². The minimum atomic E-state index is 0.657. The molecule has 2 aromatic heterocycles. The van der Waals surface area contributed by atoms with Gasteiger partial charge in [0, 0.05) is 11.6 Å². The van der Waals surface area contributed by atoms with Crippen molar-refractivity contribution in [1.29, 1.82) is 0 Å². The van der Waals surface area contributed by atoms with Crippen LogP contribution in [0, 0.1) is 0 Å². The number of benzene rings is 1. The number of rotatable bonds is 3. The van der Waals surface area contributed by atoms with E-state index >= 15 is 0 Å². The summed E-state index contributed by atoms with van der Waals surface area (Å²) in [5, 5.41) is 17.9. The van der Waals surface area contributed by atoms with Crippen LogP contribution in [0.5, 0.6) is 0 Å². The molecule has 0 bridgehead atoms. The Labute approximate surface area is 97.2 Å². The lowest BCUT2D eigenvalue weighted by molar-refractivity contribution is 0.982. The molecule has 1 aromatic carbocycles. The molecule has 0 fully saturated rings. The van der Waals surface area contributed by atoms with Crippen LogP contribution in [0.1, 0.15) is 5.69 Å². The van der Waals surface area contributed by atoms with Crippen molar-refractivity contribution in [2.45, 2.75) is 6.54 Å². The third-order valence-corrected chi connectivity index (χ3v) is 2.64. The van der Waals surface area contributed by atoms with E-state index in [0.717, 1.165) is 22.3 Å². The van der Waals surface area contributed by atoms with Crippen LogP contribution in [-0.2, 0) is 6.54 Å². The van der Waals surface area contributed by atoms with Crippen molar-refractivity contribution in [2.75, 3.05) is 11.1 Å². The highest BCUT2D eigenvalue weighted by Gasteiger charge is 2.03. The largest absolute Gasteiger partial charge is 0.397 e. The fourth-order valence-electron chi connectivity index (χ4n) is 1.74. The van der Waals surface area contributed by atoms with Gasteiger partial charge in [0.25, 0.3) is 0 Å². The maximum Gasteiger partial charge on any atom is 0.0672 e. The molecule has 0 atom stereocenters. The molecule has 0 aliphatic rings. The van der Waals surface area contributed by atoms with E-state index in [1.54, 1.807) is 12.4 Å². The molecule has 17 heavy (non-hydrogen) atoms. The van der Waals surface area contributed by atoms with Gasteiger partial charge >= 0.3 is 0 Å². The Morgan fingerprint density at radius 1 is 1.24 bits per heavy atom. The van der Waals surface area contributed by atoms with Crippen LogP contribution in [0.2, 0.25) is 0 Å². The van der Waals surface area contributed by atoms with Gasteiger partial charge in [0.15, 0.2) is 0 Å². The summed E-state index contributed by atoms with van der Waals surface area (Å²) < 4.78 is 0. The number of fused-ring (bicyclic) bond motifs is 1. The molecular formula is C11H12N6. The van der Waals surface area contributed by atoms with Crippen molar-refractivity contribution in [2.24, 2.45) is 0 Å². The van der Waals surface area contributed by atoms with Crippen LogP contribution in [0.25, 0.3) is 10.9 Å². The number of aromatic amines is 2. The molecule has 0 aliphatic heterocycles. The molecule has 6 nitrogen and oxygen atoms in total. The van der Waals surface area contributed by atoms with Gasteiger partial charge in [-0.15, -0.1) is 0 Å². The average molecular weight is 228 g/mol. The predicted octanol–water partition coefficient (Wildman–Crippen LogP) is 1.48. The summed E-state index contributed by atoms with van der Waals surface area (Å²) in [6, 6.07) is 5.76. The zero-order valence-corrected chi connectivity index (χ0v) is 9.07. The standard InChI is InChI=1S/C11H12N6/c12-9-3-7-5-15-17-10(7)4-11(9)13-6-8-1-2-14-16-8/h1-5,13H,6,12H2,(H,14,16)(H,15,17). The summed E-state index contributed by atoms with van der Waals surface area (Å²) in [4.78, 5) is 0. The number of aromatic nitrogens is 4. The second-order valence-electron chi connectivity index (χ2n) is 3.83. The van der Waals surface area contributed by atoms with Crippen molar-refractivity contribution in [3.8, 4) is 0 Å². The second-order valence-corrected chi connectivity index (χ2v) is 3.83. The number of nitrogens with one attached hydrogen (secondary N) is 3. The summed E-state index contributed by atoms with van der Waals surface area (Å²) in [5.74, 6) is 0. The van der Waals surface area contributed by atoms with Crippen LogP contribution < -0.4 is 11.1 Å². The Kier molecular flexibility index (Phi) is 2.18. The highest BCUT2D eigenvalue weighted by molar-refractivity contribution is 5.88. The summed E-state index contributed by atoms with van der Waals surface area (Å²) in [7, 11) is 0. The van der Waals surface area contributed by atoms with Crippen LogP contribution in [-0.4, -0.2) is 20.4 Å². The number of H-pyrrole nitrogens is 2. The number of nitrogens with zero attached hydrogens (tertiary/aromatic N) is 2. The van der Waals surface area contributed by atoms with Crippen LogP contribution in [0.4, 0.5) is 11.4 Å². The first-order valence-corrected chi connectivity index (χ1v) is 5.27. The highest BCUT2D eigenvalue weighted by Crippen LogP contribution is 2.24. The minimum absolute atomic E-state index is 0.657. The van der Waals surface area contributed by atoms with E-state index in [1.165, 1.54) is 0 Å². The lowest BCUT2D eigenvalue weighted by Gasteiger charge is -2.08. The van der Waals surface area contributed by atoms with Crippen molar-refractivity contribution in [1.82, 2.24) is 20.4 Å². The molecule has 0 saturated carbocycles. The Hall–Kier alpha value is -2.50. The molecule has 0 spiro atoms. The number of nitrogens with two attached hydrogens (primary N) is 1. The monoisotopic (exact) mass is 228 g/mol. The van der Waals surface area contributed by atoms with E-state index in [1.807, 2.05) is 18.2 Å². The van der Waals surface area contributed by atoms with E-state index in [0.29, 0.717) is 12.2 Å². The van der Waals surface area contributed by atoms with Crippen molar-refractivity contribution in [3.05, 3.63) is 36.3 Å². The smallest absolute Gasteiger partial charge is 0.0672 e. The third kappa shape index (κ3) is 1.80. The summed E-state index contributed by atoms with van der Waals surface area (Å²) >= 11 is 0. The second kappa shape index (κ2) is 3.82. The summed E-state index contributed by atoms with van der Waals surface area (Å²) in [6.45, 7) is 0.657. The number of anilines is 2. The normalized spacial score (nSPS) is 10.8. The fraction of sp³-hybridized carbons (Fsp3) is 0.0909. The number of hydrogen-bond donors (Lipinski definition) is 4. The van der Waals surface area contributed by atoms with Gasteiger partial charge in [0.2, 0.25) is 0 Å². The lowest BCUT2D eigenvalue weighted by Crippen LogP contribution is -2.02. The van der Waals surface area contributed by atoms with Crippen molar-refractivity contribution in [3.63, 3.8) is 0 Å². The maximum atomic E-state index is 5.96. The molecule has 86 valence electrons. The van der Waals surface area contributed by atoms with E-state index < -0.39 is 0 Å². The van der Waals surface area contributed by atoms with Crippen LogP contribution in [0.3, 0.4) is 0 Å². The molecular weight excluding hydrogens is 216 g/mol. The van der Waals surface area contributed by atoms with Gasteiger partial charge in [-0.2, -0.15) is 10.2 Å². The van der Waals surface area contributed by atoms with Crippen molar-refractivity contribution >= 4 is 22.3 Å². The fourth-order valence-corrected chi connectivity index (χ4v) is 1.74. The zero-order valence-electron chi connectivity index (χ0n) is 9.07. The number of hydrogen-bond acceptors (Lipinski definition) is 4. The zero-order chi connectivity index (χ0) is 11.7. The van der Waals surface area contributed by atoms with E-state index in [2.05, 4.69) is 25.7 Å².